The molecule has 0 aliphatic carbocycles. The van der Waals surface area contributed by atoms with Crippen LogP contribution in [0.2, 0.25) is 0 Å². The summed E-state index contributed by atoms with van der Waals surface area (Å²) >= 11 is 0. The molecule has 0 amide bonds. The van der Waals surface area contributed by atoms with Crippen molar-refractivity contribution in [3.05, 3.63) is 12.2 Å². The Morgan fingerprint density at radius 2 is 0.465 bits per heavy atom. The van der Waals surface area contributed by atoms with Crippen LogP contribution in [0.15, 0.2) is 12.2 Å². The van der Waals surface area contributed by atoms with Crippen molar-refractivity contribution in [2.24, 2.45) is 0 Å². The summed E-state index contributed by atoms with van der Waals surface area (Å²) in [5, 5.41) is 0. The summed E-state index contributed by atoms with van der Waals surface area (Å²) in [5.41, 5.74) is 0. The second kappa shape index (κ2) is 60.7. The van der Waals surface area contributed by atoms with E-state index in [2.05, 4.69) is 32.9 Å². The summed E-state index contributed by atoms with van der Waals surface area (Å²) < 4.78 is 16.8. The highest BCUT2D eigenvalue weighted by Crippen LogP contribution is 2.18. The van der Waals surface area contributed by atoms with Gasteiger partial charge in [-0.3, -0.25) is 14.4 Å². The molecule has 6 heteroatoms. The van der Waals surface area contributed by atoms with Crippen LogP contribution < -0.4 is 0 Å². The predicted molar refractivity (Wildman–Crippen MR) is 307 cm³/mol. The number of carbonyl (C=O) groups excluding carboxylic acids is 3. The molecule has 0 fully saturated rings. The lowest BCUT2D eigenvalue weighted by Gasteiger charge is -2.18. The maximum Gasteiger partial charge on any atom is 0.306 e. The van der Waals surface area contributed by atoms with Crippen molar-refractivity contribution in [2.75, 3.05) is 13.2 Å². The highest BCUT2D eigenvalue weighted by molar-refractivity contribution is 5.71. The summed E-state index contributed by atoms with van der Waals surface area (Å²) in [6.07, 6.45) is 71.1. The van der Waals surface area contributed by atoms with Gasteiger partial charge in [-0.2, -0.15) is 0 Å². The molecule has 0 saturated heterocycles. The summed E-state index contributed by atoms with van der Waals surface area (Å²) in [6.45, 7) is 6.65. The standard InChI is InChI=1S/C65H124O6/c1-4-7-10-13-16-19-22-24-25-26-27-28-29-30-31-32-33-34-35-36-37-38-39-40-41-42-44-46-49-52-55-58-64(67)70-61-62(60-69-63(66)57-54-51-48-45-21-18-15-12-9-6-3)71-65(68)59-56-53-50-47-43-23-20-17-14-11-8-5-2/h17,20,62H,4-16,18-19,21-61H2,1-3H3/b20-17-. The summed E-state index contributed by atoms with van der Waals surface area (Å²) in [4.78, 5) is 38.1. The minimum absolute atomic E-state index is 0.0678. The Kier molecular flexibility index (Phi) is 59.1. The van der Waals surface area contributed by atoms with Crippen LogP contribution in [0.3, 0.4) is 0 Å². The number of hydrogen-bond acceptors (Lipinski definition) is 6. The quantitative estimate of drug-likeness (QED) is 0.0261. The Balaban J connectivity index is 3.98. The van der Waals surface area contributed by atoms with Crippen LogP contribution in [0, 0.1) is 0 Å². The molecule has 0 heterocycles. The molecular formula is C65H124O6. The Bertz CT molecular complexity index is 1100. The van der Waals surface area contributed by atoms with Crippen molar-refractivity contribution in [1.82, 2.24) is 0 Å². The number of unbranched alkanes of at least 4 members (excludes halogenated alkanes) is 47. The van der Waals surface area contributed by atoms with Gasteiger partial charge in [0.1, 0.15) is 13.2 Å². The van der Waals surface area contributed by atoms with Crippen LogP contribution in [0.25, 0.3) is 0 Å². The van der Waals surface area contributed by atoms with Crippen LogP contribution >= 0.6 is 0 Å². The first kappa shape index (κ1) is 69.2. The van der Waals surface area contributed by atoms with Gasteiger partial charge in [0.05, 0.1) is 0 Å². The molecule has 6 nitrogen and oxygen atoms in total. The highest BCUT2D eigenvalue weighted by Gasteiger charge is 2.19. The largest absolute Gasteiger partial charge is 0.462 e. The minimum atomic E-state index is -0.768. The van der Waals surface area contributed by atoms with Crippen LogP contribution in [0.5, 0.6) is 0 Å². The smallest absolute Gasteiger partial charge is 0.306 e. The average molecular weight is 1000 g/mol. The Morgan fingerprint density at radius 1 is 0.268 bits per heavy atom. The van der Waals surface area contributed by atoms with Gasteiger partial charge < -0.3 is 14.2 Å². The third-order valence-corrected chi connectivity index (χ3v) is 14.8. The zero-order valence-electron chi connectivity index (χ0n) is 48.3. The van der Waals surface area contributed by atoms with Crippen molar-refractivity contribution in [3.63, 3.8) is 0 Å². The first-order chi connectivity index (χ1) is 35.0. The van der Waals surface area contributed by atoms with Crippen LogP contribution in [-0.4, -0.2) is 37.2 Å². The Hall–Kier alpha value is -1.85. The number of rotatable bonds is 60. The molecule has 0 aromatic carbocycles. The van der Waals surface area contributed by atoms with Gasteiger partial charge in [0.25, 0.3) is 0 Å². The summed E-state index contributed by atoms with van der Waals surface area (Å²) in [6, 6.07) is 0. The van der Waals surface area contributed by atoms with Crippen LogP contribution in [0.4, 0.5) is 0 Å². The fraction of sp³-hybridized carbons (Fsp3) is 0.923. The lowest BCUT2D eigenvalue weighted by atomic mass is 10.0. The van der Waals surface area contributed by atoms with Crippen molar-refractivity contribution in [1.29, 1.82) is 0 Å². The maximum absolute atomic E-state index is 12.8. The number of ether oxygens (including phenoxy) is 3. The summed E-state index contributed by atoms with van der Waals surface area (Å²) in [7, 11) is 0. The molecular weight excluding hydrogens is 877 g/mol. The second-order valence-electron chi connectivity index (χ2n) is 22.0. The molecule has 1 unspecified atom stereocenters. The molecule has 0 bridgehead atoms. The molecule has 0 aliphatic rings. The molecule has 0 aromatic heterocycles. The molecule has 0 radical (unpaired) electrons. The van der Waals surface area contributed by atoms with Gasteiger partial charge in [-0.05, 0) is 44.9 Å². The fourth-order valence-electron chi connectivity index (χ4n) is 9.91. The van der Waals surface area contributed by atoms with E-state index in [1.54, 1.807) is 0 Å². The van der Waals surface area contributed by atoms with Crippen molar-refractivity contribution in [2.45, 2.75) is 374 Å². The van der Waals surface area contributed by atoms with Crippen LogP contribution in [-0.2, 0) is 28.6 Å². The number of esters is 3. The first-order valence-electron chi connectivity index (χ1n) is 32.2. The summed E-state index contributed by atoms with van der Waals surface area (Å²) in [5.74, 6) is -0.856. The number of allylic oxidation sites excluding steroid dienone is 2. The zero-order valence-corrected chi connectivity index (χ0v) is 48.3. The molecule has 0 aromatic rings. The van der Waals surface area contributed by atoms with Gasteiger partial charge >= 0.3 is 17.9 Å². The van der Waals surface area contributed by atoms with E-state index in [1.165, 1.54) is 263 Å². The second-order valence-corrected chi connectivity index (χ2v) is 22.0. The van der Waals surface area contributed by atoms with E-state index in [0.29, 0.717) is 19.3 Å². The Morgan fingerprint density at radius 3 is 0.732 bits per heavy atom. The van der Waals surface area contributed by atoms with Crippen LogP contribution in [0.1, 0.15) is 367 Å². The molecule has 420 valence electrons. The maximum atomic E-state index is 12.8. The topological polar surface area (TPSA) is 78.9 Å². The average Bonchev–Trinajstić information content (AvgIpc) is 3.37. The fourth-order valence-corrected chi connectivity index (χ4v) is 9.91. The van der Waals surface area contributed by atoms with Crippen molar-refractivity contribution < 1.29 is 28.6 Å². The molecule has 0 rings (SSSR count). The van der Waals surface area contributed by atoms with E-state index in [-0.39, 0.29) is 31.1 Å². The predicted octanol–water partition coefficient (Wildman–Crippen LogP) is 21.7. The zero-order chi connectivity index (χ0) is 51.4. The van der Waals surface area contributed by atoms with E-state index in [4.69, 9.17) is 14.2 Å². The first-order valence-corrected chi connectivity index (χ1v) is 32.2. The lowest BCUT2D eigenvalue weighted by molar-refractivity contribution is -0.167. The minimum Gasteiger partial charge on any atom is -0.462 e. The van der Waals surface area contributed by atoms with Gasteiger partial charge in [0.2, 0.25) is 0 Å². The third kappa shape index (κ3) is 58.9. The van der Waals surface area contributed by atoms with E-state index in [9.17, 15) is 14.4 Å². The normalized spacial score (nSPS) is 12.0. The van der Waals surface area contributed by atoms with Crippen molar-refractivity contribution in [3.8, 4) is 0 Å². The lowest BCUT2D eigenvalue weighted by Crippen LogP contribution is -2.30. The van der Waals surface area contributed by atoms with E-state index >= 15 is 0 Å². The highest BCUT2D eigenvalue weighted by atomic mass is 16.6. The monoisotopic (exact) mass is 1000 g/mol. The van der Waals surface area contributed by atoms with Gasteiger partial charge in [0, 0.05) is 19.3 Å². The van der Waals surface area contributed by atoms with Gasteiger partial charge in [-0.25, -0.2) is 0 Å². The van der Waals surface area contributed by atoms with Gasteiger partial charge in [0.15, 0.2) is 6.10 Å². The molecule has 71 heavy (non-hydrogen) atoms. The molecule has 0 saturated carbocycles. The van der Waals surface area contributed by atoms with E-state index in [0.717, 1.165) is 64.2 Å². The van der Waals surface area contributed by atoms with Gasteiger partial charge in [-0.1, -0.05) is 315 Å². The van der Waals surface area contributed by atoms with E-state index in [1.807, 2.05) is 0 Å². The number of carbonyl (C=O) groups is 3. The molecule has 0 N–H and O–H groups in total. The molecule has 0 spiro atoms. The SMILES string of the molecule is CCCCC/C=C\CCCCCCCC(=O)OC(COC(=O)CCCCCCCCCCCC)COC(=O)CCCCCCCCCCCCCCCCCCCCCCCCCCCCCCCCC. The number of hydrogen-bond donors (Lipinski definition) is 0. The van der Waals surface area contributed by atoms with Gasteiger partial charge in [-0.15, -0.1) is 0 Å². The Labute approximate surface area is 443 Å². The van der Waals surface area contributed by atoms with Crippen molar-refractivity contribution >= 4 is 17.9 Å². The third-order valence-electron chi connectivity index (χ3n) is 14.8. The van der Waals surface area contributed by atoms with E-state index < -0.39 is 6.10 Å². The molecule has 0 aliphatic heterocycles. The molecule has 1 atom stereocenters.